The standard InChI is InChI=1S/C27H32N3O/c1-27(2,3)24-12-8-21(9-13-24)19-31-25-16-23(17-29-26(25)28)22-10-6-20(7-11-22)18-30-14-4-5-15-30/h6-13,16-18H,4-5,14-15,19H2,1-3H3,(H2,28,29). The molecule has 2 aromatic carbocycles. The van der Waals surface area contributed by atoms with E-state index in [1.807, 2.05) is 6.07 Å². The highest BCUT2D eigenvalue weighted by molar-refractivity contribution is 5.67. The average molecular weight is 415 g/mol. The van der Waals surface area contributed by atoms with Crippen LogP contribution in [0.15, 0.2) is 60.8 Å². The molecule has 1 aromatic heterocycles. The van der Waals surface area contributed by atoms with Crippen molar-refractivity contribution in [3.63, 3.8) is 0 Å². The molecule has 4 rings (SSSR count). The minimum atomic E-state index is 0.143. The summed E-state index contributed by atoms with van der Waals surface area (Å²) in [5.74, 6) is 1.03. The van der Waals surface area contributed by atoms with Gasteiger partial charge < -0.3 is 10.5 Å². The van der Waals surface area contributed by atoms with Gasteiger partial charge in [-0.15, -0.1) is 0 Å². The van der Waals surface area contributed by atoms with Crippen molar-refractivity contribution in [3.8, 4) is 16.9 Å². The number of hydrogen-bond acceptors (Lipinski definition) is 4. The van der Waals surface area contributed by atoms with Gasteiger partial charge in [0, 0.05) is 11.8 Å². The van der Waals surface area contributed by atoms with Crippen LogP contribution in [-0.2, 0) is 12.0 Å². The fourth-order valence-electron chi connectivity index (χ4n) is 3.83. The first-order valence-electron chi connectivity index (χ1n) is 11.1. The summed E-state index contributed by atoms with van der Waals surface area (Å²) < 4.78 is 6.02. The van der Waals surface area contributed by atoms with Crippen LogP contribution in [0.25, 0.3) is 11.1 Å². The summed E-state index contributed by atoms with van der Waals surface area (Å²) in [7, 11) is 0. The van der Waals surface area contributed by atoms with E-state index < -0.39 is 0 Å². The molecule has 0 atom stereocenters. The molecule has 4 heteroatoms. The molecule has 31 heavy (non-hydrogen) atoms. The Morgan fingerprint density at radius 1 is 0.968 bits per heavy atom. The molecule has 4 nitrogen and oxygen atoms in total. The van der Waals surface area contributed by atoms with E-state index in [0.29, 0.717) is 18.2 Å². The van der Waals surface area contributed by atoms with Gasteiger partial charge in [0.1, 0.15) is 6.61 Å². The number of nitrogens with zero attached hydrogens (tertiary/aromatic N) is 2. The van der Waals surface area contributed by atoms with Gasteiger partial charge in [-0.2, -0.15) is 0 Å². The van der Waals surface area contributed by atoms with E-state index in [0.717, 1.165) is 29.8 Å². The van der Waals surface area contributed by atoms with Crippen molar-refractivity contribution < 1.29 is 4.74 Å². The van der Waals surface area contributed by atoms with Crippen LogP contribution in [0.3, 0.4) is 0 Å². The zero-order valence-electron chi connectivity index (χ0n) is 18.8. The van der Waals surface area contributed by atoms with Gasteiger partial charge in [-0.05, 0) is 59.7 Å². The molecule has 0 aliphatic carbocycles. The van der Waals surface area contributed by atoms with Gasteiger partial charge in [-0.3, -0.25) is 4.90 Å². The lowest BCUT2D eigenvalue weighted by Crippen LogP contribution is -2.15. The summed E-state index contributed by atoms with van der Waals surface area (Å²) in [5, 5.41) is 0. The first kappa shape index (κ1) is 21.4. The molecule has 2 N–H and O–H groups in total. The lowest BCUT2D eigenvalue weighted by atomic mass is 9.87. The van der Waals surface area contributed by atoms with Gasteiger partial charge in [0.15, 0.2) is 11.6 Å². The number of likely N-dealkylation sites (tertiary alicyclic amines) is 1. The van der Waals surface area contributed by atoms with Gasteiger partial charge in [0.05, 0.1) is 6.54 Å². The molecular weight excluding hydrogens is 382 g/mol. The minimum Gasteiger partial charge on any atom is -0.485 e. The van der Waals surface area contributed by atoms with E-state index in [1.165, 1.54) is 24.0 Å². The van der Waals surface area contributed by atoms with E-state index in [4.69, 9.17) is 10.5 Å². The quantitative estimate of drug-likeness (QED) is 0.553. The number of hydrogen-bond donors (Lipinski definition) is 1. The summed E-state index contributed by atoms with van der Waals surface area (Å²) in [5.41, 5.74) is 12.0. The van der Waals surface area contributed by atoms with Crippen molar-refractivity contribution in [1.82, 2.24) is 9.88 Å². The van der Waals surface area contributed by atoms with Gasteiger partial charge in [0.2, 0.25) is 0 Å². The predicted octanol–water partition coefficient (Wildman–Crippen LogP) is 5.81. The van der Waals surface area contributed by atoms with Crippen molar-refractivity contribution in [2.24, 2.45) is 0 Å². The fraction of sp³-hybridized carbons (Fsp3) is 0.333. The van der Waals surface area contributed by atoms with Crippen LogP contribution in [0.1, 0.15) is 50.3 Å². The topological polar surface area (TPSA) is 51.4 Å². The monoisotopic (exact) mass is 414 g/mol. The molecule has 0 unspecified atom stereocenters. The number of ether oxygens (including phenoxy) is 1. The number of aromatic nitrogens is 1. The highest BCUT2D eigenvalue weighted by Crippen LogP contribution is 2.29. The number of nitrogens with two attached hydrogens (primary N) is 1. The maximum absolute atomic E-state index is 6.08. The molecule has 2 heterocycles. The van der Waals surface area contributed by atoms with Crippen LogP contribution in [0.2, 0.25) is 0 Å². The zero-order valence-corrected chi connectivity index (χ0v) is 18.8. The maximum Gasteiger partial charge on any atom is 0.166 e. The summed E-state index contributed by atoms with van der Waals surface area (Å²) in [6.07, 6.45) is 4.38. The van der Waals surface area contributed by atoms with E-state index in [2.05, 4.69) is 85.7 Å². The summed E-state index contributed by atoms with van der Waals surface area (Å²) >= 11 is 0. The Labute approximate surface area is 186 Å². The molecule has 0 bridgehead atoms. The Hall–Kier alpha value is -2.85. The second-order valence-electron chi connectivity index (χ2n) is 9.34. The van der Waals surface area contributed by atoms with Crippen LogP contribution in [0, 0.1) is 6.54 Å². The Morgan fingerprint density at radius 2 is 1.65 bits per heavy atom. The Bertz CT molecular complexity index is 998. The Morgan fingerprint density at radius 3 is 2.29 bits per heavy atom. The highest BCUT2D eigenvalue weighted by Gasteiger charge is 2.14. The average Bonchev–Trinajstić information content (AvgIpc) is 3.26. The number of rotatable bonds is 6. The number of nitrogen functional groups attached to an aromatic ring is 1. The molecule has 1 fully saturated rings. The lowest BCUT2D eigenvalue weighted by Gasteiger charge is -2.19. The minimum absolute atomic E-state index is 0.143. The van der Waals surface area contributed by atoms with Crippen LogP contribution in [0.4, 0.5) is 5.82 Å². The third kappa shape index (κ3) is 5.45. The second-order valence-corrected chi connectivity index (χ2v) is 9.34. The van der Waals surface area contributed by atoms with Crippen molar-refractivity contribution in [3.05, 3.63) is 84.0 Å². The highest BCUT2D eigenvalue weighted by atomic mass is 16.5. The maximum atomic E-state index is 6.08. The fourth-order valence-corrected chi connectivity index (χ4v) is 3.83. The smallest absolute Gasteiger partial charge is 0.166 e. The van der Waals surface area contributed by atoms with Gasteiger partial charge in [-0.25, -0.2) is 4.98 Å². The summed E-state index contributed by atoms with van der Waals surface area (Å²) in [4.78, 5) is 6.75. The number of pyridine rings is 1. The van der Waals surface area contributed by atoms with Crippen LogP contribution < -0.4 is 10.5 Å². The third-order valence-electron chi connectivity index (χ3n) is 5.81. The van der Waals surface area contributed by atoms with Crippen LogP contribution in [0.5, 0.6) is 5.75 Å². The van der Waals surface area contributed by atoms with Gasteiger partial charge >= 0.3 is 0 Å². The molecule has 161 valence electrons. The first-order chi connectivity index (χ1) is 14.9. The number of anilines is 1. The molecule has 0 amide bonds. The lowest BCUT2D eigenvalue weighted by molar-refractivity contribution is 0.307. The summed E-state index contributed by atoms with van der Waals surface area (Å²) in [6, 6.07) is 19.1. The predicted molar refractivity (Wildman–Crippen MR) is 128 cm³/mol. The van der Waals surface area contributed by atoms with E-state index >= 15 is 0 Å². The van der Waals surface area contributed by atoms with Crippen LogP contribution in [-0.4, -0.2) is 23.0 Å². The largest absolute Gasteiger partial charge is 0.485 e. The third-order valence-corrected chi connectivity index (χ3v) is 5.81. The van der Waals surface area contributed by atoms with Crippen molar-refractivity contribution >= 4 is 5.82 Å². The summed E-state index contributed by atoms with van der Waals surface area (Å²) in [6.45, 7) is 11.7. The van der Waals surface area contributed by atoms with Gasteiger partial charge in [0.25, 0.3) is 0 Å². The van der Waals surface area contributed by atoms with Crippen molar-refractivity contribution in [2.45, 2.75) is 45.6 Å². The Balaban J connectivity index is 1.43. The second kappa shape index (κ2) is 9.11. The molecule has 1 radical (unpaired) electrons. The van der Waals surface area contributed by atoms with Crippen molar-refractivity contribution in [1.29, 1.82) is 0 Å². The zero-order chi connectivity index (χ0) is 21.8. The van der Waals surface area contributed by atoms with Crippen molar-refractivity contribution in [2.75, 3.05) is 18.8 Å². The van der Waals surface area contributed by atoms with E-state index in [1.54, 1.807) is 6.20 Å². The Kier molecular flexibility index (Phi) is 6.28. The first-order valence-corrected chi connectivity index (χ1v) is 11.1. The molecule has 1 aliphatic rings. The molecule has 0 saturated carbocycles. The molecule has 0 spiro atoms. The van der Waals surface area contributed by atoms with E-state index in [-0.39, 0.29) is 5.41 Å². The molecule has 3 aromatic rings. The SMILES string of the molecule is CC(C)(C)c1ccc(COc2cc(-c3ccc([CH]N4CCCC4)cc3)cnc2N)cc1. The van der Waals surface area contributed by atoms with E-state index in [9.17, 15) is 0 Å². The molecule has 1 aliphatic heterocycles. The normalized spacial score (nSPS) is 14.7. The van der Waals surface area contributed by atoms with Crippen LogP contribution >= 0.6 is 0 Å². The van der Waals surface area contributed by atoms with Gasteiger partial charge in [-0.1, -0.05) is 69.3 Å². The number of benzene rings is 2. The molecule has 1 saturated heterocycles. The molecular formula is C27H32N3O.